The lowest BCUT2D eigenvalue weighted by Crippen LogP contribution is -1.78. The van der Waals surface area contributed by atoms with Gasteiger partial charge in [-0.1, -0.05) is 30.3 Å². The van der Waals surface area contributed by atoms with Crippen LogP contribution in [0.5, 0.6) is 0 Å². The maximum Gasteiger partial charge on any atom is 0.123 e. The molecule has 0 bridgehead atoms. The average Bonchev–Trinajstić information content (AvgIpc) is 2.26. The minimum Gasteiger partial charge on any atom is -0.207 e. The molecule has 1 heteroatoms. The zero-order chi connectivity index (χ0) is 10.3. The van der Waals surface area contributed by atoms with Gasteiger partial charge in [0.1, 0.15) is 5.82 Å². The van der Waals surface area contributed by atoms with Crippen molar-refractivity contribution >= 4 is 21.5 Å². The molecule has 0 aliphatic carbocycles. The van der Waals surface area contributed by atoms with Gasteiger partial charge in [-0.25, -0.2) is 4.39 Å². The van der Waals surface area contributed by atoms with Crippen LogP contribution in [0.3, 0.4) is 0 Å². The molecular weight excluding hydrogens is 187 g/mol. The molecule has 15 heavy (non-hydrogen) atoms. The van der Waals surface area contributed by atoms with Crippen LogP contribution in [0.1, 0.15) is 0 Å². The summed E-state index contributed by atoms with van der Waals surface area (Å²) in [6, 6.07) is 18.0. The molecule has 71 valence electrons. The lowest BCUT2D eigenvalue weighted by atomic mass is 10.0. The predicted molar refractivity (Wildman–Crippen MR) is 60.2 cm³/mol. The maximum absolute atomic E-state index is 13.0. The number of rotatable bonds is 0. The van der Waals surface area contributed by atoms with Crippen LogP contribution in [0.2, 0.25) is 0 Å². The molecule has 3 aromatic rings. The van der Waals surface area contributed by atoms with Crippen molar-refractivity contribution in [2.24, 2.45) is 0 Å². The second-order valence-electron chi connectivity index (χ2n) is 3.59. The Hall–Kier alpha value is -1.89. The van der Waals surface area contributed by atoms with Crippen molar-refractivity contribution in [2.45, 2.75) is 0 Å². The van der Waals surface area contributed by atoms with E-state index in [2.05, 4.69) is 12.1 Å². The molecule has 0 aliphatic heterocycles. The Morgan fingerprint density at radius 2 is 1.60 bits per heavy atom. The van der Waals surface area contributed by atoms with Crippen molar-refractivity contribution in [3.63, 3.8) is 0 Å². The fourth-order valence-corrected chi connectivity index (χ4v) is 1.81. The highest BCUT2D eigenvalue weighted by Crippen LogP contribution is 2.22. The van der Waals surface area contributed by atoms with Crippen LogP contribution in [0.15, 0.2) is 48.5 Å². The summed E-state index contributed by atoms with van der Waals surface area (Å²) < 4.78 is 13.0. The highest BCUT2D eigenvalue weighted by atomic mass is 19.1. The summed E-state index contributed by atoms with van der Waals surface area (Å²) in [5.74, 6) is -0.214. The molecule has 0 heterocycles. The molecule has 1 radical (unpaired) electrons. The zero-order valence-electron chi connectivity index (χ0n) is 8.00. The molecule has 0 saturated carbocycles. The molecule has 3 aromatic carbocycles. The van der Waals surface area contributed by atoms with E-state index in [-0.39, 0.29) is 5.82 Å². The van der Waals surface area contributed by atoms with E-state index >= 15 is 0 Å². The first kappa shape index (κ1) is 8.42. The van der Waals surface area contributed by atoms with Gasteiger partial charge in [0.05, 0.1) is 0 Å². The zero-order valence-corrected chi connectivity index (χ0v) is 8.00. The first-order chi connectivity index (χ1) is 7.33. The smallest absolute Gasteiger partial charge is 0.123 e. The van der Waals surface area contributed by atoms with E-state index < -0.39 is 0 Å². The van der Waals surface area contributed by atoms with Crippen molar-refractivity contribution in [3.8, 4) is 0 Å². The Labute approximate surface area is 87.0 Å². The van der Waals surface area contributed by atoms with Gasteiger partial charge in [0.25, 0.3) is 0 Å². The molecule has 0 N–H and O–H groups in total. The lowest BCUT2D eigenvalue weighted by Gasteiger charge is -2.01. The molecule has 0 spiro atoms. The van der Waals surface area contributed by atoms with Crippen LogP contribution in [-0.2, 0) is 0 Å². The van der Waals surface area contributed by atoms with E-state index in [1.807, 2.05) is 24.3 Å². The van der Waals surface area contributed by atoms with Crippen molar-refractivity contribution in [3.05, 3.63) is 60.4 Å². The fraction of sp³-hybridized carbons (Fsp3) is 0. The van der Waals surface area contributed by atoms with Crippen molar-refractivity contribution in [1.82, 2.24) is 0 Å². The molecule has 0 fully saturated rings. The van der Waals surface area contributed by atoms with Gasteiger partial charge in [-0.15, -0.1) is 0 Å². The summed E-state index contributed by atoms with van der Waals surface area (Å²) in [5, 5.41) is 4.01. The Morgan fingerprint density at radius 3 is 2.53 bits per heavy atom. The van der Waals surface area contributed by atoms with Gasteiger partial charge in [-0.05, 0) is 45.8 Å². The van der Waals surface area contributed by atoms with Crippen LogP contribution >= 0.6 is 0 Å². The molecule has 0 aliphatic rings. The van der Waals surface area contributed by atoms with Gasteiger partial charge in [-0.2, -0.15) is 0 Å². The van der Waals surface area contributed by atoms with E-state index in [0.29, 0.717) is 0 Å². The second kappa shape index (κ2) is 3.06. The molecule has 3 rings (SSSR count). The fourth-order valence-electron chi connectivity index (χ4n) is 1.81. The van der Waals surface area contributed by atoms with E-state index in [4.69, 9.17) is 0 Å². The van der Waals surface area contributed by atoms with E-state index in [1.54, 1.807) is 6.07 Å². The topological polar surface area (TPSA) is 0 Å². The number of hydrogen-bond acceptors (Lipinski definition) is 0. The summed E-state index contributed by atoms with van der Waals surface area (Å²) in [6.45, 7) is 0. The number of halogens is 1. The Balaban J connectivity index is 2.47. The monoisotopic (exact) mass is 195 g/mol. The van der Waals surface area contributed by atoms with Gasteiger partial charge in [0, 0.05) is 0 Å². The molecule has 0 nitrogen and oxygen atoms in total. The minimum absolute atomic E-state index is 0.214. The first-order valence-corrected chi connectivity index (χ1v) is 4.83. The SMILES string of the molecule is Fc1ccc2cc3ccccc3[c]c2c1. The standard InChI is InChI=1S/C14H8F/c15-14-6-5-12-7-10-3-1-2-4-11(10)8-13(12)9-14/h1-7,9H. The van der Waals surface area contributed by atoms with Crippen LogP contribution < -0.4 is 0 Å². The summed E-state index contributed by atoms with van der Waals surface area (Å²) >= 11 is 0. The molecular formula is C14H8F. The molecule has 0 saturated heterocycles. The van der Waals surface area contributed by atoms with Crippen molar-refractivity contribution < 1.29 is 4.39 Å². The average molecular weight is 195 g/mol. The van der Waals surface area contributed by atoms with E-state index in [9.17, 15) is 4.39 Å². The Bertz CT molecular complexity index is 641. The van der Waals surface area contributed by atoms with Crippen LogP contribution in [0.25, 0.3) is 21.5 Å². The molecule has 0 amide bonds. The van der Waals surface area contributed by atoms with Crippen LogP contribution in [-0.4, -0.2) is 0 Å². The van der Waals surface area contributed by atoms with Crippen LogP contribution in [0.4, 0.5) is 4.39 Å². The summed E-state index contributed by atoms with van der Waals surface area (Å²) in [4.78, 5) is 0. The van der Waals surface area contributed by atoms with Gasteiger partial charge < -0.3 is 0 Å². The van der Waals surface area contributed by atoms with E-state index in [1.165, 1.54) is 12.1 Å². The first-order valence-electron chi connectivity index (χ1n) is 4.83. The van der Waals surface area contributed by atoms with Gasteiger partial charge in [-0.3, -0.25) is 0 Å². The molecule has 0 aromatic heterocycles. The largest absolute Gasteiger partial charge is 0.207 e. The van der Waals surface area contributed by atoms with Gasteiger partial charge in [0.15, 0.2) is 0 Å². The highest BCUT2D eigenvalue weighted by molar-refractivity contribution is 5.97. The number of hydrogen-bond donors (Lipinski definition) is 0. The van der Waals surface area contributed by atoms with Crippen molar-refractivity contribution in [1.29, 1.82) is 0 Å². The molecule has 0 unspecified atom stereocenters. The quantitative estimate of drug-likeness (QED) is 0.477. The Kier molecular flexibility index (Phi) is 1.72. The Morgan fingerprint density at radius 1 is 0.800 bits per heavy atom. The number of benzene rings is 3. The third-order valence-corrected chi connectivity index (χ3v) is 2.56. The van der Waals surface area contributed by atoms with Crippen LogP contribution in [0, 0.1) is 11.9 Å². The normalized spacial score (nSPS) is 11.0. The maximum atomic E-state index is 13.0. The summed E-state index contributed by atoms with van der Waals surface area (Å²) in [6.07, 6.45) is 0. The molecule has 0 atom stereocenters. The summed E-state index contributed by atoms with van der Waals surface area (Å²) in [7, 11) is 0. The van der Waals surface area contributed by atoms with Gasteiger partial charge >= 0.3 is 0 Å². The summed E-state index contributed by atoms with van der Waals surface area (Å²) in [5.41, 5.74) is 0. The second-order valence-corrected chi connectivity index (χ2v) is 3.59. The van der Waals surface area contributed by atoms with Gasteiger partial charge in [0.2, 0.25) is 0 Å². The number of fused-ring (bicyclic) bond motifs is 2. The van der Waals surface area contributed by atoms with E-state index in [0.717, 1.165) is 21.5 Å². The van der Waals surface area contributed by atoms with Crippen molar-refractivity contribution in [2.75, 3.05) is 0 Å². The lowest BCUT2D eigenvalue weighted by molar-refractivity contribution is 0.630. The third-order valence-electron chi connectivity index (χ3n) is 2.56. The third kappa shape index (κ3) is 1.37. The minimum atomic E-state index is -0.214. The highest BCUT2D eigenvalue weighted by Gasteiger charge is 1.99. The predicted octanol–water partition coefficient (Wildman–Crippen LogP) is 3.93.